The van der Waals surface area contributed by atoms with Crippen molar-refractivity contribution >= 4 is 11.8 Å². The lowest BCUT2D eigenvalue weighted by molar-refractivity contribution is -0.124. The minimum Gasteiger partial charge on any atom is -0.385 e. The number of hydrogen-bond donors (Lipinski definition) is 2. The Balaban J connectivity index is 2.04. The van der Waals surface area contributed by atoms with E-state index in [9.17, 15) is 9.59 Å². The molecule has 0 heterocycles. The number of amides is 2. The van der Waals surface area contributed by atoms with Crippen molar-refractivity contribution in [2.75, 3.05) is 40.4 Å². The third kappa shape index (κ3) is 7.24. The van der Waals surface area contributed by atoms with Crippen molar-refractivity contribution in [3.63, 3.8) is 0 Å². The normalized spacial score (nSPS) is 14.6. The molecular weight excluding hydrogens is 234 g/mol. The molecule has 2 amide bonds. The molecular formula is C12H23N3O3. The molecule has 0 aromatic rings. The fourth-order valence-electron chi connectivity index (χ4n) is 1.55. The summed E-state index contributed by atoms with van der Waals surface area (Å²) in [6, 6.07) is 0.369. The van der Waals surface area contributed by atoms with Crippen LogP contribution in [0, 0.1) is 0 Å². The molecule has 18 heavy (non-hydrogen) atoms. The summed E-state index contributed by atoms with van der Waals surface area (Å²) >= 11 is 0. The van der Waals surface area contributed by atoms with Crippen LogP contribution in [0.2, 0.25) is 0 Å². The van der Waals surface area contributed by atoms with Crippen molar-refractivity contribution in [1.82, 2.24) is 15.5 Å². The SMILES string of the molecule is COCCCNC(=O)CN(C)CC(=O)NC1CC1. The molecule has 0 atom stereocenters. The molecule has 1 rings (SSSR count). The van der Waals surface area contributed by atoms with Gasteiger partial charge in [0.25, 0.3) is 0 Å². The first-order valence-corrected chi connectivity index (χ1v) is 6.35. The molecule has 0 spiro atoms. The van der Waals surface area contributed by atoms with Gasteiger partial charge in [0.05, 0.1) is 13.1 Å². The number of carbonyl (C=O) groups excluding carboxylic acids is 2. The van der Waals surface area contributed by atoms with Gasteiger partial charge in [0, 0.05) is 26.3 Å². The molecule has 104 valence electrons. The van der Waals surface area contributed by atoms with Gasteiger partial charge in [-0.25, -0.2) is 0 Å². The third-order valence-corrected chi connectivity index (χ3v) is 2.62. The van der Waals surface area contributed by atoms with Crippen LogP contribution < -0.4 is 10.6 Å². The topological polar surface area (TPSA) is 70.7 Å². The largest absolute Gasteiger partial charge is 0.385 e. The van der Waals surface area contributed by atoms with E-state index in [4.69, 9.17) is 4.74 Å². The lowest BCUT2D eigenvalue weighted by Crippen LogP contribution is -2.41. The van der Waals surface area contributed by atoms with E-state index < -0.39 is 0 Å². The summed E-state index contributed by atoms with van der Waals surface area (Å²) in [5, 5.41) is 5.67. The summed E-state index contributed by atoms with van der Waals surface area (Å²) in [4.78, 5) is 24.7. The van der Waals surface area contributed by atoms with E-state index in [1.807, 2.05) is 0 Å². The molecule has 2 N–H and O–H groups in total. The molecule has 0 aliphatic heterocycles. The van der Waals surface area contributed by atoms with Crippen LogP contribution in [-0.4, -0.2) is 63.2 Å². The Morgan fingerprint density at radius 2 is 1.94 bits per heavy atom. The van der Waals surface area contributed by atoms with E-state index in [2.05, 4.69) is 10.6 Å². The maximum atomic E-state index is 11.5. The number of nitrogens with zero attached hydrogens (tertiary/aromatic N) is 1. The Bertz CT molecular complexity index is 280. The van der Waals surface area contributed by atoms with Crippen molar-refractivity contribution in [2.45, 2.75) is 25.3 Å². The highest BCUT2D eigenvalue weighted by Gasteiger charge is 2.23. The van der Waals surface area contributed by atoms with E-state index in [0.717, 1.165) is 19.3 Å². The van der Waals surface area contributed by atoms with E-state index in [0.29, 0.717) is 19.2 Å². The second kappa shape index (κ2) is 8.05. The van der Waals surface area contributed by atoms with Crippen LogP contribution >= 0.6 is 0 Å². The van der Waals surface area contributed by atoms with E-state index in [1.165, 1.54) is 0 Å². The number of carbonyl (C=O) groups is 2. The molecule has 1 fully saturated rings. The molecule has 1 aliphatic rings. The Morgan fingerprint density at radius 1 is 1.28 bits per heavy atom. The molecule has 0 bridgehead atoms. The Kier molecular flexibility index (Phi) is 6.67. The van der Waals surface area contributed by atoms with Crippen LogP contribution in [0.15, 0.2) is 0 Å². The molecule has 6 nitrogen and oxygen atoms in total. The van der Waals surface area contributed by atoms with E-state index in [1.54, 1.807) is 19.1 Å². The zero-order valence-electron chi connectivity index (χ0n) is 11.2. The van der Waals surface area contributed by atoms with Gasteiger partial charge in [-0.05, 0) is 26.3 Å². The van der Waals surface area contributed by atoms with Crippen LogP contribution in [0.5, 0.6) is 0 Å². The minimum atomic E-state index is -0.0622. The fourth-order valence-corrected chi connectivity index (χ4v) is 1.55. The second-order valence-corrected chi connectivity index (χ2v) is 4.71. The molecule has 0 aromatic carbocycles. The monoisotopic (exact) mass is 257 g/mol. The highest BCUT2D eigenvalue weighted by molar-refractivity contribution is 5.81. The maximum Gasteiger partial charge on any atom is 0.234 e. The molecule has 0 radical (unpaired) electrons. The zero-order chi connectivity index (χ0) is 13.4. The van der Waals surface area contributed by atoms with Gasteiger partial charge in [-0.1, -0.05) is 0 Å². The van der Waals surface area contributed by atoms with Crippen LogP contribution in [0.3, 0.4) is 0 Å². The van der Waals surface area contributed by atoms with Crippen molar-refractivity contribution in [2.24, 2.45) is 0 Å². The second-order valence-electron chi connectivity index (χ2n) is 4.71. The van der Waals surface area contributed by atoms with Crippen molar-refractivity contribution < 1.29 is 14.3 Å². The van der Waals surface area contributed by atoms with Crippen molar-refractivity contribution in [3.8, 4) is 0 Å². The van der Waals surface area contributed by atoms with Gasteiger partial charge < -0.3 is 15.4 Å². The quantitative estimate of drug-likeness (QED) is 0.539. The summed E-state index contributed by atoms with van der Waals surface area (Å²) in [5.41, 5.74) is 0. The summed E-state index contributed by atoms with van der Waals surface area (Å²) < 4.78 is 4.89. The molecule has 1 saturated carbocycles. The number of nitrogens with one attached hydrogen (secondary N) is 2. The highest BCUT2D eigenvalue weighted by Crippen LogP contribution is 2.18. The Labute approximate surface area is 108 Å². The minimum absolute atomic E-state index is 0.00724. The van der Waals surface area contributed by atoms with Crippen LogP contribution in [0.25, 0.3) is 0 Å². The average Bonchev–Trinajstić information content (AvgIpc) is 3.07. The molecule has 0 aromatic heterocycles. The maximum absolute atomic E-state index is 11.5. The third-order valence-electron chi connectivity index (χ3n) is 2.62. The highest BCUT2D eigenvalue weighted by atomic mass is 16.5. The van der Waals surface area contributed by atoms with Crippen LogP contribution in [0.1, 0.15) is 19.3 Å². The predicted molar refractivity (Wildman–Crippen MR) is 68.2 cm³/mol. The summed E-state index contributed by atoms with van der Waals surface area (Å²) in [6.07, 6.45) is 2.96. The molecule has 0 saturated heterocycles. The summed E-state index contributed by atoms with van der Waals surface area (Å²) in [7, 11) is 3.40. The van der Waals surface area contributed by atoms with Gasteiger partial charge >= 0.3 is 0 Å². The van der Waals surface area contributed by atoms with E-state index >= 15 is 0 Å². The van der Waals surface area contributed by atoms with Gasteiger partial charge in [-0.3, -0.25) is 14.5 Å². The molecule has 6 heteroatoms. The number of rotatable bonds is 9. The van der Waals surface area contributed by atoms with Gasteiger partial charge in [0.2, 0.25) is 11.8 Å². The van der Waals surface area contributed by atoms with Crippen molar-refractivity contribution in [3.05, 3.63) is 0 Å². The van der Waals surface area contributed by atoms with Gasteiger partial charge in [0.15, 0.2) is 0 Å². The van der Waals surface area contributed by atoms with Gasteiger partial charge in [-0.2, -0.15) is 0 Å². The number of ether oxygens (including phenoxy) is 1. The summed E-state index contributed by atoms with van der Waals surface area (Å²) in [5.74, 6) is -0.0694. The first kappa shape index (κ1) is 14.9. The predicted octanol–water partition coefficient (Wildman–Crippen LogP) is -0.650. The van der Waals surface area contributed by atoms with Crippen molar-refractivity contribution in [1.29, 1.82) is 0 Å². The summed E-state index contributed by atoms with van der Waals surface area (Å²) in [6.45, 7) is 1.75. The first-order chi connectivity index (χ1) is 8.61. The molecule has 0 unspecified atom stereocenters. The first-order valence-electron chi connectivity index (χ1n) is 6.35. The lowest BCUT2D eigenvalue weighted by atomic mass is 10.4. The average molecular weight is 257 g/mol. The Morgan fingerprint density at radius 3 is 2.56 bits per heavy atom. The fraction of sp³-hybridized carbons (Fsp3) is 0.833. The van der Waals surface area contributed by atoms with Crippen LogP contribution in [-0.2, 0) is 14.3 Å². The Hall–Kier alpha value is -1.14. The van der Waals surface area contributed by atoms with E-state index in [-0.39, 0.29) is 24.9 Å². The van der Waals surface area contributed by atoms with Gasteiger partial charge in [-0.15, -0.1) is 0 Å². The molecule has 1 aliphatic carbocycles. The van der Waals surface area contributed by atoms with Crippen LogP contribution in [0.4, 0.5) is 0 Å². The van der Waals surface area contributed by atoms with Gasteiger partial charge in [0.1, 0.15) is 0 Å². The number of methoxy groups -OCH3 is 1. The zero-order valence-corrected chi connectivity index (χ0v) is 11.2. The number of hydrogen-bond acceptors (Lipinski definition) is 4. The standard InChI is InChI=1S/C12H23N3O3/c1-15(9-12(17)14-10-4-5-10)8-11(16)13-6-3-7-18-2/h10H,3-9H2,1-2H3,(H,13,16)(H,14,17). The lowest BCUT2D eigenvalue weighted by Gasteiger charge is -2.15. The number of likely N-dealkylation sites (N-methyl/N-ethyl adjacent to an activating group) is 1. The smallest absolute Gasteiger partial charge is 0.234 e.